The number of nitrogens with two attached hydrogens (primary N) is 1. The third-order valence-electron chi connectivity index (χ3n) is 3.69. The van der Waals surface area contributed by atoms with Crippen molar-refractivity contribution in [3.8, 4) is 0 Å². The monoisotopic (exact) mass is 352 g/mol. The lowest BCUT2D eigenvalue weighted by atomic mass is 10.1. The smallest absolute Gasteiger partial charge is 0.355 e. The molecule has 0 aliphatic carbocycles. The molecular formula is C17H24N2O6. The van der Waals surface area contributed by atoms with Crippen molar-refractivity contribution in [1.29, 1.82) is 0 Å². The number of ether oxygens (including phenoxy) is 3. The number of hydrogen-bond donors (Lipinski definition) is 1. The maximum atomic E-state index is 12.0. The fraction of sp³-hybridized carbons (Fsp3) is 0.529. The number of aromatic nitrogens is 1. The molecule has 0 aliphatic heterocycles. The van der Waals surface area contributed by atoms with Crippen LogP contribution in [-0.4, -0.2) is 42.4 Å². The van der Waals surface area contributed by atoms with Crippen molar-refractivity contribution in [2.24, 2.45) is 11.7 Å². The average Bonchev–Trinajstić information content (AvgIpc) is 3.15. The van der Waals surface area contributed by atoms with Gasteiger partial charge in [-0.15, -0.1) is 0 Å². The van der Waals surface area contributed by atoms with E-state index < -0.39 is 18.0 Å². The summed E-state index contributed by atoms with van der Waals surface area (Å²) in [5.74, 6) is -0.898. The molecule has 0 unspecified atom stereocenters. The second kappa shape index (κ2) is 8.68. The van der Waals surface area contributed by atoms with Crippen molar-refractivity contribution in [3.63, 3.8) is 0 Å². The Balaban J connectivity index is 1.90. The van der Waals surface area contributed by atoms with E-state index in [1.165, 1.54) is 6.26 Å². The zero-order valence-electron chi connectivity index (χ0n) is 14.7. The summed E-state index contributed by atoms with van der Waals surface area (Å²) in [4.78, 5) is 23.7. The summed E-state index contributed by atoms with van der Waals surface area (Å²) in [5.41, 5.74) is 7.34. The minimum atomic E-state index is -0.648. The standard InChI is InChI=1S/C17H24N2O6/c1-4-23-16(20)13-9-14-12(5-6-24-14)19(13)10-22-7-8-25-17(21)15(18)11(2)3/h5-6,9,11,15H,4,7-8,10,18H2,1-3H3/t15-/m1/s1. The highest BCUT2D eigenvalue weighted by Crippen LogP contribution is 2.21. The number of furan rings is 1. The van der Waals surface area contributed by atoms with Crippen LogP contribution in [0.4, 0.5) is 0 Å². The maximum absolute atomic E-state index is 12.0. The van der Waals surface area contributed by atoms with Gasteiger partial charge >= 0.3 is 11.9 Å². The third-order valence-corrected chi connectivity index (χ3v) is 3.69. The van der Waals surface area contributed by atoms with Crippen LogP contribution >= 0.6 is 0 Å². The van der Waals surface area contributed by atoms with Crippen LogP contribution in [0.1, 0.15) is 31.3 Å². The van der Waals surface area contributed by atoms with Gasteiger partial charge in [-0.1, -0.05) is 13.8 Å². The predicted octanol–water partition coefficient (Wildman–Crippen LogP) is 1.91. The molecule has 0 aromatic carbocycles. The van der Waals surface area contributed by atoms with E-state index in [4.69, 9.17) is 24.4 Å². The molecule has 2 aromatic rings. The molecule has 0 saturated carbocycles. The number of nitrogens with zero attached hydrogens (tertiary/aromatic N) is 1. The summed E-state index contributed by atoms with van der Waals surface area (Å²) in [6.07, 6.45) is 1.53. The second-order valence-electron chi connectivity index (χ2n) is 5.82. The van der Waals surface area contributed by atoms with Crippen LogP contribution in [0.2, 0.25) is 0 Å². The number of esters is 2. The van der Waals surface area contributed by atoms with Crippen LogP contribution in [0.5, 0.6) is 0 Å². The highest BCUT2D eigenvalue weighted by Gasteiger charge is 2.20. The molecule has 2 N–H and O–H groups in total. The number of hydrogen-bond acceptors (Lipinski definition) is 7. The van der Waals surface area contributed by atoms with E-state index in [9.17, 15) is 9.59 Å². The molecule has 2 heterocycles. The lowest BCUT2D eigenvalue weighted by molar-refractivity contribution is -0.148. The van der Waals surface area contributed by atoms with Gasteiger partial charge in [-0.2, -0.15) is 0 Å². The summed E-state index contributed by atoms with van der Waals surface area (Å²) in [5, 5.41) is 0. The SMILES string of the molecule is CCOC(=O)c1cc2occc2n1COCCOC(=O)[C@H](N)C(C)C. The van der Waals surface area contributed by atoms with Gasteiger partial charge in [0.2, 0.25) is 0 Å². The summed E-state index contributed by atoms with van der Waals surface area (Å²) in [7, 11) is 0. The Morgan fingerprint density at radius 1 is 1.28 bits per heavy atom. The molecule has 2 rings (SSSR count). The highest BCUT2D eigenvalue weighted by atomic mass is 16.6. The quantitative estimate of drug-likeness (QED) is 0.543. The van der Waals surface area contributed by atoms with Gasteiger partial charge in [-0.05, 0) is 12.8 Å². The first kappa shape index (κ1) is 19.0. The van der Waals surface area contributed by atoms with Crippen molar-refractivity contribution in [2.75, 3.05) is 19.8 Å². The fourth-order valence-electron chi connectivity index (χ4n) is 2.22. The Kier molecular flexibility index (Phi) is 6.60. The van der Waals surface area contributed by atoms with Crippen molar-refractivity contribution in [3.05, 3.63) is 24.1 Å². The fourth-order valence-corrected chi connectivity index (χ4v) is 2.22. The highest BCUT2D eigenvalue weighted by molar-refractivity contribution is 5.93. The molecule has 0 spiro atoms. The van der Waals surface area contributed by atoms with Gasteiger partial charge in [0.05, 0.1) is 25.0 Å². The van der Waals surface area contributed by atoms with Gasteiger partial charge in [0, 0.05) is 12.1 Å². The van der Waals surface area contributed by atoms with E-state index >= 15 is 0 Å². The van der Waals surface area contributed by atoms with Gasteiger partial charge < -0.3 is 28.9 Å². The summed E-state index contributed by atoms with van der Waals surface area (Å²) < 4.78 is 22.6. The van der Waals surface area contributed by atoms with Crippen LogP contribution in [0, 0.1) is 5.92 Å². The summed E-state index contributed by atoms with van der Waals surface area (Å²) in [6, 6.07) is 2.70. The van der Waals surface area contributed by atoms with Crippen LogP contribution in [-0.2, 0) is 25.7 Å². The molecule has 0 amide bonds. The number of fused-ring (bicyclic) bond motifs is 1. The lowest BCUT2D eigenvalue weighted by Gasteiger charge is -2.15. The molecule has 1 atom stereocenters. The van der Waals surface area contributed by atoms with Crippen LogP contribution in [0.3, 0.4) is 0 Å². The van der Waals surface area contributed by atoms with E-state index in [2.05, 4.69) is 0 Å². The van der Waals surface area contributed by atoms with Crippen LogP contribution in [0.25, 0.3) is 11.1 Å². The van der Waals surface area contributed by atoms with E-state index in [0.29, 0.717) is 11.3 Å². The molecular weight excluding hydrogens is 328 g/mol. The molecule has 138 valence electrons. The van der Waals surface area contributed by atoms with Gasteiger partial charge in [0.25, 0.3) is 0 Å². The maximum Gasteiger partial charge on any atom is 0.355 e. The van der Waals surface area contributed by atoms with E-state index in [-0.39, 0.29) is 32.5 Å². The predicted molar refractivity (Wildman–Crippen MR) is 89.9 cm³/mol. The second-order valence-corrected chi connectivity index (χ2v) is 5.82. The molecule has 0 aliphatic rings. The first-order valence-electron chi connectivity index (χ1n) is 8.19. The molecule has 25 heavy (non-hydrogen) atoms. The Hall–Kier alpha value is -2.32. The first-order valence-corrected chi connectivity index (χ1v) is 8.19. The zero-order valence-corrected chi connectivity index (χ0v) is 14.7. The van der Waals surface area contributed by atoms with Crippen molar-refractivity contribution in [2.45, 2.75) is 33.5 Å². The minimum absolute atomic E-state index is 0.00908. The zero-order chi connectivity index (χ0) is 18.4. The number of rotatable bonds is 9. The Labute approximate surface area is 145 Å². The van der Waals surface area contributed by atoms with Gasteiger partial charge in [-0.3, -0.25) is 4.79 Å². The number of carbonyl (C=O) groups is 2. The topological polar surface area (TPSA) is 106 Å². The Morgan fingerprint density at radius 3 is 2.72 bits per heavy atom. The molecule has 0 radical (unpaired) electrons. The van der Waals surface area contributed by atoms with Crippen molar-refractivity contribution >= 4 is 23.0 Å². The van der Waals surface area contributed by atoms with E-state index in [1.54, 1.807) is 23.6 Å². The normalized spacial score (nSPS) is 12.5. The molecule has 8 heteroatoms. The molecule has 2 aromatic heterocycles. The molecule has 0 bridgehead atoms. The van der Waals surface area contributed by atoms with Gasteiger partial charge in [-0.25, -0.2) is 4.79 Å². The average molecular weight is 352 g/mol. The Morgan fingerprint density at radius 2 is 2.04 bits per heavy atom. The van der Waals surface area contributed by atoms with E-state index in [0.717, 1.165) is 5.52 Å². The van der Waals surface area contributed by atoms with Crippen molar-refractivity contribution < 1.29 is 28.2 Å². The summed E-state index contributed by atoms with van der Waals surface area (Å²) >= 11 is 0. The van der Waals surface area contributed by atoms with Gasteiger partial charge in [0.1, 0.15) is 25.1 Å². The molecule has 0 fully saturated rings. The summed E-state index contributed by atoms with van der Waals surface area (Å²) in [6.45, 7) is 6.08. The van der Waals surface area contributed by atoms with Gasteiger partial charge in [0.15, 0.2) is 5.58 Å². The Bertz CT molecular complexity index is 718. The first-order chi connectivity index (χ1) is 12.0. The third kappa shape index (κ3) is 4.61. The molecule has 8 nitrogen and oxygen atoms in total. The lowest BCUT2D eigenvalue weighted by Crippen LogP contribution is -2.37. The van der Waals surface area contributed by atoms with Crippen LogP contribution in [0.15, 0.2) is 22.8 Å². The molecule has 0 saturated heterocycles. The van der Waals surface area contributed by atoms with E-state index in [1.807, 2.05) is 13.8 Å². The van der Waals surface area contributed by atoms with Crippen molar-refractivity contribution in [1.82, 2.24) is 4.57 Å². The van der Waals surface area contributed by atoms with Crippen LogP contribution < -0.4 is 5.73 Å². The minimum Gasteiger partial charge on any atom is -0.463 e. The number of carbonyl (C=O) groups excluding carboxylic acids is 2. The largest absolute Gasteiger partial charge is 0.463 e.